The fraction of sp³-hybridized carbons (Fsp3) is 0.130. The maximum absolute atomic E-state index is 13.0. The Hall–Kier alpha value is -3.76. The van der Waals surface area contributed by atoms with Crippen LogP contribution in [0.25, 0.3) is 0 Å². The summed E-state index contributed by atoms with van der Waals surface area (Å²) < 4.78 is 46.3. The lowest BCUT2D eigenvalue weighted by atomic mass is 10.2. The standard InChI is InChI=1S/C23H21FN2O6S/c24-18-9-5-17(6-10-18)14-31-21-4-2-1-3-20(21)23(28)32-15-22(27)26-13-16-7-11-19(12-8-16)33(25,29)30/h1-12H,13-15H2,(H,26,27)(H2,25,29,30). The van der Waals surface area contributed by atoms with Crippen LogP contribution < -0.4 is 15.2 Å². The van der Waals surface area contributed by atoms with Gasteiger partial charge in [-0.25, -0.2) is 22.7 Å². The van der Waals surface area contributed by atoms with Gasteiger partial charge in [-0.05, 0) is 47.5 Å². The SMILES string of the molecule is NS(=O)(=O)c1ccc(CNC(=O)COC(=O)c2ccccc2OCc2ccc(F)cc2)cc1. The van der Waals surface area contributed by atoms with Crippen LogP contribution in [-0.4, -0.2) is 26.9 Å². The zero-order chi connectivity index (χ0) is 23.8. The number of nitrogens with one attached hydrogen (secondary N) is 1. The Bertz CT molecular complexity index is 1230. The van der Waals surface area contributed by atoms with Crippen LogP contribution in [0, 0.1) is 5.82 Å². The second-order valence-electron chi connectivity index (χ2n) is 6.95. The van der Waals surface area contributed by atoms with Gasteiger partial charge in [0.2, 0.25) is 10.0 Å². The number of esters is 1. The van der Waals surface area contributed by atoms with Gasteiger partial charge in [0.15, 0.2) is 6.61 Å². The highest BCUT2D eigenvalue weighted by Crippen LogP contribution is 2.20. The smallest absolute Gasteiger partial charge is 0.342 e. The van der Waals surface area contributed by atoms with Crippen LogP contribution in [0.15, 0.2) is 77.7 Å². The lowest BCUT2D eigenvalue weighted by Gasteiger charge is -2.11. The van der Waals surface area contributed by atoms with Crippen molar-refractivity contribution in [3.05, 3.63) is 95.3 Å². The molecule has 3 rings (SSSR count). The Morgan fingerprint density at radius 1 is 0.909 bits per heavy atom. The van der Waals surface area contributed by atoms with E-state index in [-0.39, 0.29) is 35.2 Å². The van der Waals surface area contributed by atoms with Crippen molar-refractivity contribution in [2.75, 3.05) is 6.61 Å². The van der Waals surface area contributed by atoms with Crippen LogP contribution in [-0.2, 0) is 32.7 Å². The number of hydrogen-bond donors (Lipinski definition) is 2. The first-order valence-corrected chi connectivity index (χ1v) is 11.3. The number of primary sulfonamides is 1. The van der Waals surface area contributed by atoms with Gasteiger partial charge >= 0.3 is 5.97 Å². The number of hydrogen-bond acceptors (Lipinski definition) is 6. The molecule has 0 fully saturated rings. The van der Waals surface area contributed by atoms with Crippen molar-refractivity contribution in [1.29, 1.82) is 0 Å². The third kappa shape index (κ3) is 7.13. The van der Waals surface area contributed by atoms with Gasteiger partial charge in [-0.3, -0.25) is 4.79 Å². The number of halogens is 1. The van der Waals surface area contributed by atoms with Gasteiger partial charge in [-0.2, -0.15) is 0 Å². The highest BCUT2D eigenvalue weighted by molar-refractivity contribution is 7.89. The van der Waals surface area contributed by atoms with Crippen molar-refractivity contribution < 1.29 is 31.9 Å². The Morgan fingerprint density at radius 3 is 2.21 bits per heavy atom. The number of rotatable bonds is 9. The van der Waals surface area contributed by atoms with Gasteiger partial charge in [0.1, 0.15) is 23.7 Å². The maximum atomic E-state index is 13.0. The van der Waals surface area contributed by atoms with Crippen molar-refractivity contribution in [3.8, 4) is 5.75 Å². The van der Waals surface area contributed by atoms with Gasteiger partial charge in [-0.1, -0.05) is 36.4 Å². The lowest BCUT2D eigenvalue weighted by Crippen LogP contribution is -2.28. The molecule has 0 aliphatic rings. The molecule has 0 spiro atoms. The van der Waals surface area contributed by atoms with E-state index < -0.39 is 28.5 Å². The van der Waals surface area contributed by atoms with E-state index in [0.29, 0.717) is 5.56 Å². The molecular formula is C23H21FN2O6S. The normalized spacial score (nSPS) is 11.0. The molecule has 0 radical (unpaired) electrons. The molecule has 0 aliphatic heterocycles. The molecule has 3 aromatic rings. The van der Waals surface area contributed by atoms with E-state index >= 15 is 0 Å². The van der Waals surface area contributed by atoms with Crippen LogP contribution in [0.2, 0.25) is 0 Å². The van der Waals surface area contributed by atoms with E-state index in [4.69, 9.17) is 14.6 Å². The number of carbonyl (C=O) groups excluding carboxylic acids is 2. The van der Waals surface area contributed by atoms with E-state index in [1.807, 2.05) is 0 Å². The molecule has 0 saturated heterocycles. The van der Waals surface area contributed by atoms with Gasteiger partial charge < -0.3 is 14.8 Å². The molecule has 0 saturated carbocycles. The van der Waals surface area contributed by atoms with Gasteiger partial charge in [-0.15, -0.1) is 0 Å². The molecule has 3 aromatic carbocycles. The van der Waals surface area contributed by atoms with E-state index in [1.54, 1.807) is 30.3 Å². The molecule has 0 unspecified atom stereocenters. The Kier molecular flexibility index (Phi) is 7.75. The minimum absolute atomic E-state index is 0.0354. The maximum Gasteiger partial charge on any atom is 0.342 e. The van der Waals surface area contributed by atoms with Gasteiger partial charge in [0.25, 0.3) is 5.91 Å². The highest BCUT2D eigenvalue weighted by Gasteiger charge is 2.15. The van der Waals surface area contributed by atoms with Crippen LogP contribution >= 0.6 is 0 Å². The lowest BCUT2D eigenvalue weighted by molar-refractivity contribution is -0.124. The van der Waals surface area contributed by atoms with Crippen molar-refractivity contribution >= 4 is 21.9 Å². The number of carbonyl (C=O) groups is 2. The summed E-state index contributed by atoms with van der Waals surface area (Å²) in [6.45, 7) is -0.283. The number of benzene rings is 3. The average Bonchev–Trinajstić information content (AvgIpc) is 2.80. The number of ether oxygens (including phenoxy) is 2. The molecule has 10 heteroatoms. The van der Waals surface area contributed by atoms with Crippen molar-refractivity contribution in [2.45, 2.75) is 18.0 Å². The zero-order valence-corrected chi connectivity index (χ0v) is 18.2. The molecule has 0 heterocycles. The summed E-state index contributed by atoms with van der Waals surface area (Å²) in [6, 6.07) is 17.9. The van der Waals surface area contributed by atoms with E-state index in [0.717, 1.165) is 5.56 Å². The predicted octanol–water partition coefficient (Wildman–Crippen LogP) is 2.53. The second-order valence-corrected chi connectivity index (χ2v) is 8.51. The fourth-order valence-corrected chi connectivity index (χ4v) is 3.28. The van der Waals surface area contributed by atoms with Crippen LogP contribution in [0.1, 0.15) is 21.5 Å². The number of para-hydroxylation sites is 1. The second kappa shape index (κ2) is 10.7. The molecule has 0 bridgehead atoms. The topological polar surface area (TPSA) is 125 Å². The van der Waals surface area contributed by atoms with Crippen molar-refractivity contribution in [2.24, 2.45) is 5.14 Å². The van der Waals surface area contributed by atoms with E-state index in [9.17, 15) is 22.4 Å². The fourth-order valence-electron chi connectivity index (χ4n) is 2.76. The number of nitrogens with two attached hydrogens (primary N) is 1. The first-order valence-electron chi connectivity index (χ1n) is 9.74. The summed E-state index contributed by atoms with van der Waals surface area (Å²) >= 11 is 0. The molecule has 0 aliphatic carbocycles. The average molecular weight is 472 g/mol. The molecule has 0 atom stereocenters. The quantitative estimate of drug-likeness (QED) is 0.461. The molecule has 0 aromatic heterocycles. The molecule has 8 nitrogen and oxygen atoms in total. The minimum Gasteiger partial charge on any atom is -0.488 e. The summed E-state index contributed by atoms with van der Waals surface area (Å²) in [6.07, 6.45) is 0. The Labute approximate surface area is 190 Å². The van der Waals surface area contributed by atoms with E-state index in [1.165, 1.54) is 42.5 Å². The monoisotopic (exact) mass is 472 g/mol. The van der Waals surface area contributed by atoms with Crippen molar-refractivity contribution in [3.63, 3.8) is 0 Å². The highest BCUT2D eigenvalue weighted by atomic mass is 32.2. The Balaban J connectivity index is 1.51. The summed E-state index contributed by atoms with van der Waals surface area (Å²) in [7, 11) is -3.79. The third-order valence-corrected chi connectivity index (χ3v) is 5.42. The zero-order valence-electron chi connectivity index (χ0n) is 17.4. The van der Waals surface area contributed by atoms with Gasteiger partial charge in [0.05, 0.1) is 4.90 Å². The van der Waals surface area contributed by atoms with Crippen LogP contribution in [0.5, 0.6) is 5.75 Å². The summed E-state index contributed by atoms with van der Waals surface area (Å²) in [5.74, 6) is -1.37. The van der Waals surface area contributed by atoms with Crippen molar-refractivity contribution in [1.82, 2.24) is 5.32 Å². The first kappa shape index (κ1) is 23.9. The molecular weight excluding hydrogens is 451 g/mol. The number of sulfonamides is 1. The predicted molar refractivity (Wildman–Crippen MR) is 117 cm³/mol. The van der Waals surface area contributed by atoms with Crippen LogP contribution in [0.3, 0.4) is 0 Å². The number of amides is 1. The molecule has 172 valence electrons. The minimum atomic E-state index is -3.79. The third-order valence-electron chi connectivity index (χ3n) is 4.49. The summed E-state index contributed by atoms with van der Waals surface area (Å²) in [5.41, 5.74) is 1.50. The largest absolute Gasteiger partial charge is 0.488 e. The van der Waals surface area contributed by atoms with Gasteiger partial charge in [0, 0.05) is 6.54 Å². The van der Waals surface area contributed by atoms with E-state index in [2.05, 4.69) is 5.32 Å². The summed E-state index contributed by atoms with van der Waals surface area (Å²) in [5, 5.41) is 7.61. The first-order chi connectivity index (χ1) is 15.7. The van der Waals surface area contributed by atoms with Crippen LogP contribution in [0.4, 0.5) is 4.39 Å². The molecule has 1 amide bonds. The molecule has 33 heavy (non-hydrogen) atoms. The Morgan fingerprint density at radius 2 is 1.55 bits per heavy atom. The summed E-state index contributed by atoms with van der Waals surface area (Å²) in [4.78, 5) is 24.4. The molecule has 3 N–H and O–H groups in total.